The molecule has 3 amide bonds. The van der Waals surface area contributed by atoms with Gasteiger partial charge in [-0.05, 0) is 65.6 Å². The first-order valence-electron chi connectivity index (χ1n) is 13.0. The molecular formula is C33H26N4O3S2. The molecule has 0 radical (unpaired) electrons. The molecule has 0 aliphatic carbocycles. The third-order valence-electron chi connectivity index (χ3n) is 5.99. The first-order valence-corrected chi connectivity index (χ1v) is 14.8. The van der Waals surface area contributed by atoms with Gasteiger partial charge in [0.1, 0.15) is 10.9 Å². The van der Waals surface area contributed by atoms with Crippen LogP contribution >= 0.6 is 23.1 Å². The highest BCUT2D eigenvalue weighted by molar-refractivity contribution is 8.00. The minimum Gasteiger partial charge on any atom is -0.325 e. The Morgan fingerprint density at radius 1 is 0.762 bits per heavy atom. The van der Waals surface area contributed by atoms with Crippen molar-refractivity contribution in [2.75, 3.05) is 10.6 Å². The van der Waals surface area contributed by atoms with Gasteiger partial charge in [0.15, 0.2) is 0 Å². The zero-order valence-corrected chi connectivity index (χ0v) is 23.9. The van der Waals surface area contributed by atoms with Gasteiger partial charge in [-0.3, -0.25) is 19.4 Å². The molecule has 7 nitrogen and oxygen atoms in total. The smallest absolute Gasteiger partial charge is 0.272 e. The molecule has 0 bridgehead atoms. The summed E-state index contributed by atoms with van der Waals surface area (Å²) in [6.07, 6.45) is 4.89. The number of hydrogen-bond acceptors (Lipinski definition) is 6. The predicted octanol–water partition coefficient (Wildman–Crippen LogP) is 7.02. The highest BCUT2D eigenvalue weighted by atomic mass is 32.2. The van der Waals surface area contributed by atoms with Crippen molar-refractivity contribution < 1.29 is 14.4 Å². The number of nitrogens with one attached hydrogen (secondary N) is 3. The van der Waals surface area contributed by atoms with Crippen LogP contribution < -0.4 is 16.0 Å². The number of benzene rings is 3. The van der Waals surface area contributed by atoms with Crippen LogP contribution in [0.25, 0.3) is 6.08 Å². The first kappa shape index (κ1) is 28.5. The van der Waals surface area contributed by atoms with Gasteiger partial charge in [0, 0.05) is 39.1 Å². The number of amides is 3. The summed E-state index contributed by atoms with van der Waals surface area (Å²) in [7, 11) is 0. The lowest BCUT2D eigenvalue weighted by molar-refractivity contribution is -0.116. The highest BCUT2D eigenvalue weighted by Crippen LogP contribution is 2.37. The van der Waals surface area contributed by atoms with Gasteiger partial charge in [-0.25, -0.2) is 0 Å². The fraction of sp³-hybridized carbons (Fsp3) is 0.0303. The minimum atomic E-state index is -0.551. The van der Waals surface area contributed by atoms with Crippen LogP contribution in [0.4, 0.5) is 11.4 Å². The van der Waals surface area contributed by atoms with Crippen LogP contribution in [0.1, 0.15) is 26.0 Å². The maximum absolute atomic E-state index is 13.4. The highest BCUT2D eigenvalue weighted by Gasteiger charge is 2.23. The summed E-state index contributed by atoms with van der Waals surface area (Å²) in [6, 6.07) is 32.7. The molecule has 42 heavy (non-hydrogen) atoms. The summed E-state index contributed by atoms with van der Waals surface area (Å²) >= 11 is 2.82. The molecule has 1 unspecified atom stereocenters. The van der Waals surface area contributed by atoms with Crippen LogP contribution in [-0.4, -0.2) is 22.7 Å². The van der Waals surface area contributed by atoms with Crippen LogP contribution in [0.2, 0.25) is 0 Å². The molecule has 0 saturated heterocycles. The van der Waals surface area contributed by atoms with E-state index < -0.39 is 11.2 Å². The van der Waals surface area contributed by atoms with Crippen molar-refractivity contribution in [2.24, 2.45) is 0 Å². The van der Waals surface area contributed by atoms with E-state index >= 15 is 0 Å². The fourth-order valence-corrected chi connectivity index (χ4v) is 5.72. The zero-order valence-electron chi connectivity index (χ0n) is 22.3. The molecule has 0 fully saturated rings. The number of thiophene rings is 1. The van der Waals surface area contributed by atoms with Gasteiger partial charge in [-0.2, -0.15) is 0 Å². The van der Waals surface area contributed by atoms with E-state index in [9.17, 15) is 14.4 Å². The maximum Gasteiger partial charge on any atom is 0.272 e. The Morgan fingerprint density at radius 3 is 2.21 bits per heavy atom. The van der Waals surface area contributed by atoms with Crippen molar-refractivity contribution in [3.63, 3.8) is 0 Å². The van der Waals surface area contributed by atoms with E-state index in [2.05, 4.69) is 20.9 Å². The topological polar surface area (TPSA) is 100 Å². The van der Waals surface area contributed by atoms with Crippen molar-refractivity contribution >= 4 is 58.3 Å². The Hall–Kier alpha value is -4.99. The molecule has 1 atom stereocenters. The van der Waals surface area contributed by atoms with Crippen molar-refractivity contribution in [1.29, 1.82) is 0 Å². The molecule has 0 saturated carbocycles. The summed E-state index contributed by atoms with van der Waals surface area (Å²) in [4.78, 5) is 45.3. The number of thioether (sulfide) groups is 1. The number of rotatable bonds is 10. The van der Waals surface area contributed by atoms with E-state index in [1.54, 1.807) is 67.0 Å². The summed E-state index contributed by atoms with van der Waals surface area (Å²) in [6.45, 7) is 0. The second-order valence-electron chi connectivity index (χ2n) is 9.01. The van der Waals surface area contributed by atoms with Crippen molar-refractivity contribution in [2.45, 2.75) is 10.1 Å². The van der Waals surface area contributed by atoms with E-state index in [0.29, 0.717) is 16.9 Å². The summed E-state index contributed by atoms with van der Waals surface area (Å²) in [5.74, 6) is -1.04. The summed E-state index contributed by atoms with van der Waals surface area (Å²) < 4.78 is 0. The number of carbonyl (C=O) groups excluding carboxylic acids is 3. The number of hydrogen-bond donors (Lipinski definition) is 3. The molecule has 0 aliphatic heterocycles. The van der Waals surface area contributed by atoms with Crippen LogP contribution in [0.5, 0.6) is 0 Å². The molecule has 2 aromatic heterocycles. The Morgan fingerprint density at radius 2 is 1.50 bits per heavy atom. The number of aromatic nitrogens is 1. The number of pyridine rings is 1. The minimum absolute atomic E-state index is 0.114. The maximum atomic E-state index is 13.4. The van der Waals surface area contributed by atoms with Gasteiger partial charge in [0.2, 0.25) is 5.91 Å². The van der Waals surface area contributed by atoms with Gasteiger partial charge >= 0.3 is 0 Å². The second-order valence-corrected chi connectivity index (χ2v) is 11.2. The Bertz CT molecular complexity index is 1680. The van der Waals surface area contributed by atoms with E-state index in [1.165, 1.54) is 23.1 Å². The molecule has 2 heterocycles. The molecule has 5 aromatic rings. The predicted molar refractivity (Wildman–Crippen MR) is 169 cm³/mol. The molecular weight excluding hydrogens is 565 g/mol. The molecule has 3 aromatic carbocycles. The van der Waals surface area contributed by atoms with Crippen LogP contribution in [0, 0.1) is 0 Å². The lowest BCUT2D eigenvalue weighted by Crippen LogP contribution is -2.30. The normalized spacial score (nSPS) is 11.8. The second kappa shape index (κ2) is 14.1. The average Bonchev–Trinajstić information content (AvgIpc) is 3.54. The Kier molecular flexibility index (Phi) is 9.56. The third-order valence-corrected chi connectivity index (χ3v) is 8.06. The SMILES string of the molecule is O=C(Nc1cccc(SC(C(=O)Nc2ccncc2)c2ccccc2)c1)/C(=C/c1cccs1)NC(=O)c1ccccc1. The van der Waals surface area contributed by atoms with Crippen LogP contribution in [0.15, 0.2) is 138 Å². The Balaban J connectivity index is 1.35. The largest absolute Gasteiger partial charge is 0.325 e. The molecule has 0 aliphatic rings. The zero-order chi connectivity index (χ0) is 29.1. The van der Waals surface area contributed by atoms with Crippen molar-refractivity contribution in [3.8, 4) is 0 Å². The molecule has 3 N–H and O–H groups in total. The lowest BCUT2D eigenvalue weighted by Gasteiger charge is -2.18. The Labute approximate surface area is 251 Å². The van der Waals surface area contributed by atoms with E-state index in [-0.39, 0.29) is 17.5 Å². The van der Waals surface area contributed by atoms with Gasteiger partial charge in [-0.1, -0.05) is 60.7 Å². The van der Waals surface area contributed by atoms with Crippen molar-refractivity contribution in [1.82, 2.24) is 10.3 Å². The fourth-order valence-electron chi connectivity index (χ4n) is 3.98. The van der Waals surface area contributed by atoms with Gasteiger partial charge in [0.25, 0.3) is 11.8 Å². The molecule has 9 heteroatoms. The van der Waals surface area contributed by atoms with E-state index in [1.807, 2.05) is 66.0 Å². The van der Waals surface area contributed by atoms with E-state index in [4.69, 9.17) is 0 Å². The van der Waals surface area contributed by atoms with Crippen LogP contribution in [-0.2, 0) is 9.59 Å². The van der Waals surface area contributed by atoms with E-state index in [0.717, 1.165) is 15.3 Å². The average molecular weight is 591 g/mol. The number of carbonyl (C=O) groups is 3. The lowest BCUT2D eigenvalue weighted by atomic mass is 10.1. The first-order chi connectivity index (χ1) is 20.5. The summed E-state index contributed by atoms with van der Waals surface area (Å²) in [5, 5.41) is 9.95. The third kappa shape index (κ3) is 7.81. The molecule has 208 valence electrons. The van der Waals surface area contributed by atoms with Gasteiger partial charge in [0.05, 0.1) is 0 Å². The van der Waals surface area contributed by atoms with Gasteiger partial charge < -0.3 is 16.0 Å². The van der Waals surface area contributed by atoms with Gasteiger partial charge in [-0.15, -0.1) is 23.1 Å². The van der Waals surface area contributed by atoms with Crippen molar-refractivity contribution in [3.05, 3.63) is 149 Å². The monoisotopic (exact) mass is 590 g/mol. The number of nitrogens with zero attached hydrogens (tertiary/aromatic N) is 1. The quantitative estimate of drug-likeness (QED) is 0.120. The molecule has 0 spiro atoms. The standard InChI is InChI=1S/C33H26N4O3S2/c38-31(24-11-5-2-6-12-24)37-29(22-27-15-8-20-41-27)32(39)36-26-13-7-14-28(21-26)42-30(23-9-3-1-4-10-23)33(40)35-25-16-18-34-19-17-25/h1-22,30H,(H,36,39)(H,37,38)(H,34,35,40)/b29-22-. The van der Waals surface area contributed by atoms with Crippen LogP contribution in [0.3, 0.4) is 0 Å². The molecule has 5 rings (SSSR count). The summed E-state index contributed by atoms with van der Waals surface area (Å²) in [5.41, 5.74) is 2.58. The number of anilines is 2.